The number of benzene rings is 2. The van der Waals surface area contributed by atoms with Gasteiger partial charge in [-0.05, 0) is 79.2 Å². The van der Waals surface area contributed by atoms with E-state index in [1.165, 1.54) is 11.1 Å². The smallest absolute Gasteiger partial charge is 0.166 e. The lowest BCUT2D eigenvalue weighted by Gasteiger charge is -2.31. The number of ketones is 1. The van der Waals surface area contributed by atoms with Crippen molar-refractivity contribution in [3.63, 3.8) is 0 Å². The van der Waals surface area contributed by atoms with Gasteiger partial charge in [0.2, 0.25) is 0 Å². The first-order chi connectivity index (χ1) is 17.1. The van der Waals surface area contributed by atoms with Crippen LogP contribution in [-0.4, -0.2) is 42.7 Å². The highest BCUT2D eigenvalue weighted by molar-refractivity contribution is 6.03. The van der Waals surface area contributed by atoms with Gasteiger partial charge in [0.15, 0.2) is 17.3 Å². The molecule has 5 heteroatoms. The second-order valence-electron chi connectivity index (χ2n) is 12.2. The molecule has 2 heterocycles. The minimum absolute atomic E-state index is 0.0492. The molecule has 5 rings (SSSR count). The molecule has 0 radical (unpaired) electrons. The van der Waals surface area contributed by atoms with Gasteiger partial charge in [0.1, 0.15) is 5.67 Å². The third-order valence-corrected chi connectivity index (χ3v) is 8.81. The fourth-order valence-electron chi connectivity index (χ4n) is 6.76. The molecular weight excluding hydrogens is 453 g/mol. The first kappa shape index (κ1) is 25.3. The molecule has 4 unspecified atom stereocenters. The summed E-state index contributed by atoms with van der Waals surface area (Å²) in [5, 5.41) is 0. The van der Waals surface area contributed by atoms with Gasteiger partial charge in [-0.1, -0.05) is 45.0 Å². The van der Waals surface area contributed by atoms with E-state index in [-0.39, 0.29) is 23.2 Å². The first-order valence-electron chi connectivity index (χ1n) is 13.4. The summed E-state index contributed by atoms with van der Waals surface area (Å²) in [7, 11) is 3.17. The lowest BCUT2D eigenvalue weighted by molar-refractivity contribution is 0.0683. The van der Waals surface area contributed by atoms with E-state index in [1.54, 1.807) is 20.3 Å². The van der Waals surface area contributed by atoms with Crippen molar-refractivity contribution in [3.05, 3.63) is 58.7 Å². The normalized spacial score (nSPS) is 28.2. The van der Waals surface area contributed by atoms with Gasteiger partial charge in [-0.3, -0.25) is 9.69 Å². The Hall–Kier alpha value is -2.40. The maximum absolute atomic E-state index is 16.5. The fraction of sp³-hybridized carbons (Fsp3) is 0.581. The van der Waals surface area contributed by atoms with Crippen molar-refractivity contribution >= 4 is 5.78 Å². The minimum Gasteiger partial charge on any atom is -0.493 e. The lowest BCUT2D eigenvalue weighted by Crippen LogP contribution is -2.37. The van der Waals surface area contributed by atoms with Crippen LogP contribution in [0.5, 0.6) is 11.5 Å². The maximum Gasteiger partial charge on any atom is 0.166 e. The van der Waals surface area contributed by atoms with Crippen LogP contribution < -0.4 is 9.47 Å². The summed E-state index contributed by atoms with van der Waals surface area (Å²) in [4.78, 5) is 15.8. The zero-order chi connectivity index (χ0) is 25.7. The van der Waals surface area contributed by atoms with Gasteiger partial charge in [0.05, 0.1) is 14.2 Å². The molecule has 0 N–H and O–H groups in total. The Bertz CT molecular complexity index is 1120. The van der Waals surface area contributed by atoms with Crippen molar-refractivity contribution < 1.29 is 18.7 Å². The lowest BCUT2D eigenvalue weighted by atomic mass is 9.80. The van der Waals surface area contributed by atoms with Crippen LogP contribution in [-0.2, 0) is 18.4 Å². The van der Waals surface area contributed by atoms with Crippen molar-refractivity contribution in [3.8, 4) is 11.5 Å². The number of halogens is 1. The Morgan fingerprint density at radius 1 is 1.00 bits per heavy atom. The van der Waals surface area contributed by atoms with Crippen LogP contribution >= 0.6 is 0 Å². The van der Waals surface area contributed by atoms with E-state index in [0.717, 1.165) is 31.4 Å². The van der Waals surface area contributed by atoms with Gasteiger partial charge in [-0.15, -0.1) is 0 Å². The van der Waals surface area contributed by atoms with Gasteiger partial charge in [0.25, 0.3) is 0 Å². The number of fused-ring (bicyclic) bond motifs is 3. The van der Waals surface area contributed by atoms with Crippen molar-refractivity contribution in [1.29, 1.82) is 0 Å². The molecule has 1 aliphatic carbocycles. The van der Waals surface area contributed by atoms with Crippen LogP contribution in [0.15, 0.2) is 36.4 Å². The molecule has 194 valence electrons. The van der Waals surface area contributed by atoms with Crippen LogP contribution in [0, 0.1) is 5.92 Å². The second kappa shape index (κ2) is 9.48. The zero-order valence-corrected chi connectivity index (χ0v) is 22.4. The molecule has 0 saturated carbocycles. The third kappa shape index (κ3) is 4.79. The molecular formula is C31H40FNO3. The fourth-order valence-corrected chi connectivity index (χ4v) is 6.76. The molecule has 3 aliphatic rings. The molecule has 36 heavy (non-hydrogen) atoms. The van der Waals surface area contributed by atoms with Crippen LogP contribution in [0.3, 0.4) is 0 Å². The summed E-state index contributed by atoms with van der Waals surface area (Å²) in [6.45, 7) is 7.58. The zero-order valence-electron chi connectivity index (χ0n) is 22.4. The van der Waals surface area contributed by atoms with Gasteiger partial charge in [-0.25, -0.2) is 4.39 Å². The molecule has 4 atom stereocenters. The van der Waals surface area contributed by atoms with E-state index in [2.05, 4.69) is 49.9 Å². The summed E-state index contributed by atoms with van der Waals surface area (Å²) >= 11 is 0. The van der Waals surface area contributed by atoms with Crippen LogP contribution in [0.25, 0.3) is 0 Å². The van der Waals surface area contributed by atoms with Crippen molar-refractivity contribution in [2.24, 2.45) is 5.92 Å². The van der Waals surface area contributed by atoms with E-state index in [1.807, 2.05) is 6.07 Å². The number of hydrogen-bond acceptors (Lipinski definition) is 4. The SMILES string of the molecule is COc1cc2c(cc1OC)C(=O)C(CC1(F)CCC3CCC(C1)N3Cc1ccc(C(C)(C)C)cc1)C2. The number of rotatable bonds is 6. The number of carbonyl (C=O) groups is 1. The molecule has 2 saturated heterocycles. The maximum atomic E-state index is 16.5. The summed E-state index contributed by atoms with van der Waals surface area (Å²) in [5.74, 6) is 0.917. The van der Waals surface area contributed by atoms with E-state index in [4.69, 9.17) is 9.47 Å². The van der Waals surface area contributed by atoms with Crippen molar-refractivity contribution in [1.82, 2.24) is 4.90 Å². The molecule has 2 fully saturated rings. The van der Waals surface area contributed by atoms with Gasteiger partial charge in [-0.2, -0.15) is 0 Å². The summed E-state index contributed by atoms with van der Waals surface area (Å²) in [6.07, 6.45) is 5.01. The Balaban J connectivity index is 1.28. The average Bonchev–Trinajstić information content (AvgIpc) is 3.30. The van der Waals surface area contributed by atoms with E-state index < -0.39 is 5.67 Å². The van der Waals surface area contributed by atoms with E-state index in [9.17, 15) is 4.79 Å². The summed E-state index contributed by atoms with van der Waals surface area (Å²) in [6, 6.07) is 13.3. The number of methoxy groups -OCH3 is 2. The number of alkyl halides is 1. The molecule has 0 spiro atoms. The number of nitrogens with zero attached hydrogens (tertiary/aromatic N) is 1. The first-order valence-corrected chi connectivity index (χ1v) is 13.4. The predicted octanol–water partition coefficient (Wildman–Crippen LogP) is 6.67. The number of Topliss-reactive ketones (excluding diaryl/α,β-unsaturated/α-hetero) is 1. The Labute approximate surface area is 215 Å². The Morgan fingerprint density at radius 2 is 1.67 bits per heavy atom. The predicted molar refractivity (Wildman–Crippen MR) is 141 cm³/mol. The Morgan fingerprint density at radius 3 is 2.33 bits per heavy atom. The highest BCUT2D eigenvalue weighted by Crippen LogP contribution is 2.46. The molecule has 2 aliphatic heterocycles. The van der Waals surface area contributed by atoms with Crippen LogP contribution in [0.2, 0.25) is 0 Å². The number of ether oxygens (including phenoxy) is 2. The van der Waals surface area contributed by atoms with Crippen LogP contribution in [0.1, 0.15) is 86.3 Å². The largest absolute Gasteiger partial charge is 0.493 e. The third-order valence-electron chi connectivity index (χ3n) is 8.81. The minimum atomic E-state index is -1.30. The van der Waals surface area contributed by atoms with Gasteiger partial charge in [0, 0.05) is 30.1 Å². The monoisotopic (exact) mass is 493 g/mol. The number of carbonyl (C=O) groups excluding carboxylic acids is 1. The molecule has 2 bridgehead atoms. The van der Waals surface area contributed by atoms with E-state index in [0.29, 0.717) is 48.8 Å². The quantitative estimate of drug-likeness (QED) is 0.450. The summed E-state index contributed by atoms with van der Waals surface area (Å²) in [5.41, 5.74) is 3.09. The highest BCUT2D eigenvalue weighted by atomic mass is 19.1. The highest BCUT2D eigenvalue weighted by Gasteiger charge is 2.47. The van der Waals surface area contributed by atoms with E-state index >= 15 is 4.39 Å². The topological polar surface area (TPSA) is 38.8 Å². The molecule has 2 aromatic rings. The molecule has 0 aromatic heterocycles. The van der Waals surface area contributed by atoms with Gasteiger partial charge < -0.3 is 9.47 Å². The molecule has 2 aromatic carbocycles. The average molecular weight is 494 g/mol. The van der Waals surface area contributed by atoms with Gasteiger partial charge >= 0.3 is 0 Å². The number of hydrogen-bond donors (Lipinski definition) is 0. The summed E-state index contributed by atoms with van der Waals surface area (Å²) < 4.78 is 27.3. The van der Waals surface area contributed by atoms with Crippen molar-refractivity contribution in [2.75, 3.05) is 14.2 Å². The second-order valence-corrected chi connectivity index (χ2v) is 12.2. The molecule has 4 nitrogen and oxygen atoms in total. The van der Waals surface area contributed by atoms with Crippen molar-refractivity contribution in [2.45, 2.75) is 95.4 Å². The van der Waals surface area contributed by atoms with Crippen LogP contribution in [0.4, 0.5) is 4.39 Å². The molecule has 0 amide bonds. The standard InChI is InChI=1S/C31H40FNO3/c1-30(2,3)23-8-6-20(7-9-23)19-33-24-10-11-25(33)18-31(32,13-12-24)17-22-14-21-15-27(35-4)28(36-5)16-26(21)29(22)34/h6-9,15-16,22,24-25H,10-14,17-19H2,1-5H3. The Kier molecular flexibility index (Phi) is 6.65.